The summed E-state index contributed by atoms with van der Waals surface area (Å²) in [5.41, 5.74) is 0. The fourth-order valence-electron chi connectivity index (χ4n) is 1.84. The molecule has 1 N–H and O–H groups in total. The van der Waals surface area contributed by atoms with Gasteiger partial charge in [0.1, 0.15) is 12.7 Å². The fraction of sp³-hybridized carbons (Fsp3) is 0.833. The van der Waals surface area contributed by atoms with E-state index in [1.807, 2.05) is 4.68 Å². The van der Waals surface area contributed by atoms with E-state index in [-0.39, 0.29) is 0 Å². The third kappa shape index (κ3) is 4.83. The second kappa shape index (κ2) is 7.40. The molecule has 17 heavy (non-hydrogen) atoms. The molecule has 0 aromatic carbocycles. The standard InChI is InChI=1S/C12H25N5/c1-5-16(6-2)8-11(3)14-7-12(4)17-10-13-9-15-17/h9-12,14H,5-8H2,1-4H3. The molecule has 1 aromatic heterocycles. The third-order valence-electron chi connectivity index (χ3n) is 3.08. The molecular weight excluding hydrogens is 214 g/mol. The zero-order valence-corrected chi connectivity index (χ0v) is 11.4. The number of likely N-dealkylation sites (N-methyl/N-ethyl adjacent to an activating group) is 1. The summed E-state index contributed by atoms with van der Waals surface area (Å²) in [4.78, 5) is 6.39. The maximum atomic E-state index is 4.14. The van der Waals surface area contributed by atoms with Gasteiger partial charge in [-0.25, -0.2) is 9.67 Å². The maximum Gasteiger partial charge on any atom is 0.137 e. The highest BCUT2D eigenvalue weighted by molar-refractivity contribution is 4.71. The van der Waals surface area contributed by atoms with Crippen LogP contribution in [-0.4, -0.2) is 51.9 Å². The lowest BCUT2D eigenvalue weighted by molar-refractivity contribution is 0.266. The summed E-state index contributed by atoms with van der Waals surface area (Å²) in [7, 11) is 0. The summed E-state index contributed by atoms with van der Waals surface area (Å²) in [6.45, 7) is 13.0. The van der Waals surface area contributed by atoms with Gasteiger partial charge in [0.25, 0.3) is 0 Å². The molecule has 0 spiro atoms. The van der Waals surface area contributed by atoms with Gasteiger partial charge in [0.05, 0.1) is 6.04 Å². The first-order chi connectivity index (χ1) is 8.17. The second-order valence-corrected chi connectivity index (χ2v) is 4.52. The van der Waals surface area contributed by atoms with Crippen LogP contribution < -0.4 is 5.32 Å². The molecule has 1 heterocycles. The van der Waals surface area contributed by atoms with Gasteiger partial charge < -0.3 is 10.2 Å². The van der Waals surface area contributed by atoms with Crippen molar-refractivity contribution in [3.8, 4) is 0 Å². The third-order valence-corrected chi connectivity index (χ3v) is 3.08. The van der Waals surface area contributed by atoms with Crippen LogP contribution >= 0.6 is 0 Å². The summed E-state index contributed by atoms with van der Waals surface area (Å²) in [6.07, 6.45) is 3.34. The van der Waals surface area contributed by atoms with Gasteiger partial charge in [-0.3, -0.25) is 0 Å². The van der Waals surface area contributed by atoms with E-state index in [9.17, 15) is 0 Å². The Morgan fingerprint density at radius 3 is 2.53 bits per heavy atom. The minimum Gasteiger partial charge on any atom is -0.311 e. The van der Waals surface area contributed by atoms with E-state index in [0.717, 1.165) is 26.2 Å². The number of hydrogen-bond acceptors (Lipinski definition) is 4. The Hall–Kier alpha value is -0.940. The van der Waals surface area contributed by atoms with Gasteiger partial charge in [-0.2, -0.15) is 5.10 Å². The molecule has 5 heteroatoms. The van der Waals surface area contributed by atoms with Crippen LogP contribution in [0.25, 0.3) is 0 Å². The molecule has 0 saturated heterocycles. The monoisotopic (exact) mass is 239 g/mol. The number of hydrogen-bond donors (Lipinski definition) is 1. The molecule has 0 aliphatic heterocycles. The maximum absolute atomic E-state index is 4.14. The molecule has 0 radical (unpaired) electrons. The van der Waals surface area contributed by atoms with Crippen LogP contribution in [0.4, 0.5) is 0 Å². The van der Waals surface area contributed by atoms with E-state index in [2.05, 4.69) is 48.0 Å². The molecule has 98 valence electrons. The van der Waals surface area contributed by atoms with Crippen molar-refractivity contribution in [1.29, 1.82) is 0 Å². The predicted octanol–water partition coefficient (Wildman–Crippen LogP) is 1.16. The lowest BCUT2D eigenvalue weighted by atomic mass is 10.2. The van der Waals surface area contributed by atoms with Crippen LogP contribution in [0.3, 0.4) is 0 Å². The largest absolute Gasteiger partial charge is 0.311 e. The zero-order valence-electron chi connectivity index (χ0n) is 11.4. The van der Waals surface area contributed by atoms with Gasteiger partial charge in [0.2, 0.25) is 0 Å². The molecule has 0 fully saturated rings. The average molecular weight is 239 g/mol. The smallest absolute Gasteiger partial charge is 0.137 e. The first kappa shape index (κ1) is 14.1. The average Bonchev–Trinajstić information content (AvgIpc) is 2.86. The quantitative estimate of drug-likeness (QED) is 0.739. The normalized spacial score (nSPS) is 15.1. The topological polar surface area (TPSA) is 46.0 Å². The summed E-state index contributed by atoms with van der Waals surface area (Å²) in [5, 5.41) is 7.68. The molecule has 0 aliphatic rings. The van der Waals surface area contributed by atoms with Crippen molar-refractivity contribution in [2.75, 3.05) is 26.2 Å². The first-order valence-corrected chi connectivity index (χ1v) is 6.47. The molecule has 0 saturated carbocycles. The van der Waals surface area contributed by atoms with Crippen molar-refractivity contribution in [2.24, 2.45) is 0 Å². The van der Waals surface area contributed by atoms with Gasteiger partial charge in [-0.15, -0.1) is 0 Å². The fourth-order valence-corrected chi connectivity index (χ4v) is 1.84. The molecule has 2 atom stereocenters. The predicted molar refractivity (Wildman–Crippen MR) is 70.0 cm³/mol. The van der Waals surface area contributed by atoms with Crippen LogP contribution in [0.1, 0.15) is 33.7 Å². The van der Waals surface area contributed by atoms with Crippen molar-refractivity contribution in [3.05, 3.63) is 12.7 Å². The highest BCUT2D eigenvalue weighted by Gasteiger charge is 2.09. The van der Waals surface area contributed by atoms with E-state index >= 15 is 0 Å². The van der Waals surface area contributed by atoms with Crippen molar-refractivity contribution in [1.82, 2.24) is 25.0 Å². The van der Waals surface area contributed by atoms with Gasteiger partial charge in [0, 0.05) is 19.1 Å². The summed E-state index contributed by atoms with van der Waals surface area (Å²) in [6, 6.07) is 0.845. The van der Waals surface area contributed by atoms with E-state index in [1.165, 1.54) is 0 Å². The lowest BCUT2D eigenvalue weighted by Crippen LogP contribution is -2.41. The number of rotatable bonds is 8. The van der Waals surface area contributed by atoms with Gasteiger partial charge in [0.15, 0.2) is 0 Å². The second-order valence-electron chi connectivity index (χ2n) is 4.52. The van der Waals surface area contributed by atoms with Crippen molar-refractivity contribution in [3.63, 3.8) is 0 Å². The molecule has 0 aliphatic carbocycles. The Labute approximate surface area is 104 Å². The Morgan fingerprint density at radius 2 is 2.00 bits per heavy atom. The minimum absolute atomic E-state index is 0.344. The van der Waals surface area contributed by atoms with Crippen LogP contribution in [0.5, 0.6) is 0 Å². The van der Waals surface area contributed by atoms with E-state index < -0.39 is 0 Å². The van der Waals surface area contributed by atoms with Crippen molar-refractivity contribution >= 4 is 0 Å². The SMILES string of the molecule is CCN(CC)CC(C)NCC(C)n1cncn1. The van der Waals surface area contributed by atoms with Crippen molar-refractivity contribution < 1.29 is 0 Å². The highest BCUT2D eigenvalue weighted by atomic mass is 15.3. The number of nitrogens with one attached hydrogen (secondary N) is 1. The van der Waals surface area contributed by atoms with Gasteiger partial charge >= 0.3 is 0 Å². The van der Waals surface area contributed by atoms with Crippen LogP contribution in [0.2, 0.25) is 0 Å². The zero-order chi connectivity index (χ0) is 12.7. The first-order valence-electron chi connectivity index (χ1n) is 6.47. The Bertz CT molecular complexity index is 281. The van der Waals surface area contributed by atoms with Crippen LogP contribution in [-0.2, 0) is 0 Å². The molecule has 5 nitrogen and oxygen atoms in total. The molecule has 1 rings (SSSR count). The minimum atomic E-state index is 0.344. The molecule has 0 bridgehead atoms. The lowest BCUT2D eigenvalue weighted by Gasteiger charge is -2.24. The van der Waals surface area contributed by atoms with Gasteiger partial charge in [-0.1, -0.05) is 13.8 Å². The highest BCUT2D eigenvalue weighted by Crippen LogP contribution is 2.00. The Morgan fingerprint density at radius 1 is 1.29 bits per heavy atom. The molecule has 0 amide bonds. The summed E-state index contributed by atoms with van der Waals surface area (Å²) in [5.74, 6) is 0. The molecule has 1 aromatic rings. The Kier molecular flexibility index (Phi) is 6.15. The summed E-state index contributed by atoms with van der Waals surface area (Å²) >= 11 is 0. The van der Waals surface area contributed by atoms with E-state index in [1.54, 1.807) is 12.7 Å². The van der Waals surface area contributed by atoms with Crippen LogP contribution in [0, 0.1) is 0 Å². The summed E-state index contributed by atoms with van der Waals surface area (Å²) < 4.78 is 1.89. The van der Waals surface area contributed by atoms with Crippen LogP contribution in [0.15, 0.2) is 12.7 Å². The number of aromatic nitrogens is 3. The number of nitrogens with zero attached hydrogens (tertiary/aromatic N) is 4. The van der Waals surface area contributed by atoms with E-state index in [0.29, 0.717) is 12.1 Å². The molecular formula is C12H25N5. The van der Waals surface area contributed by atoms with E-state index in [4.69, 9.17) is 0 Å². The van der Waals surface area contributed by atoms with Crippen molar-refractivity contribution in [2.45, 2.75) is 39.8 Å². The Balaban J connectivity index is 2.25. The molecule has 2 unspecified atom stereocenters. The van der Waals surface area contributed by atoms with Gasteiger partial charge in [-0.05, 0) is 26.9 Å².